The lowest BCUT2D eigenvalue weighted by Gasteiger charge is -2.22. The molecule has 3 amide bonds. The predicted molar refractivity (Wildman–Crippen MR) is 93.3 cm³/mol. The van der Waals surface area contributed by atoms with Crippen molar-refractivity contribution in [3.8, 4) is 0 Å². The summed E-state index contributed by atoms with van der Waals surface area (Å²) in [7, 11) is 0. The lowest BCUT2D eigenvalue weighted by atomic mass is 10.0. The highest BCUT2D eigenvalue weighted by Gasteiger charge is 2.22. The van der Waals surface area contributed by atoms with Gasteiger partial charge in [-0.15, -0.1) is 0 Å². The molecule has 1 fully saturated rings. The van der Waals surface area contributed by atoms with Crippen LogP contribution in [0.4, 0.5) is 4.79 Å². The normalized spacial score (nSPS) is 23.8. The van der Waals surface area contributed by atoms with E-state index in [0.717, 1.165) is 38.5 Å². The second-order valence-electron chi connectivity index (χ2n) is 6.49. The number of carboxylic acids is 1. The maximum absolute atomic E-state index is 12.4. The molecule has 1 aliphatic rings. The second-order valence-corrected chi connectivity index (χ2v) is 6.49. The summed E-state index contributed by atoms with van der Waals surface area (Å²) in [5.74, 6) is -1.22. The van der Waals surface area contributed by atoms with Crippen LogP contribution in [0.1, 0.15) is 58.3 Å². The number of ether oxygens (including phenoxy) is 1. The molecule has 1 rings (SSSR count). The lowest BCUT2D eigenvalue weighted by molar-refractivity contribution is -0.136. The topological polar surface area (TPSA) is 117 Å². The van der Waals surface area contributed by atoms with E-state index in [1.54, 1.807) is 0 Å². The molecule has 0 aromatic heterocycles. The number of carboxylic acid groups (broad SMARTS) is 1. The molecule has 8 heteroatoms. The van der Waals surface area contributed by atoms with Crippen molar-refractivity contribution in [2.75, 3.05) is 19.8 Å². The molecule has 144 valence electrons. The summed E-state index contributed by atoms with van der Waals surface area (Å²) >= 11 is 0. The van der Waals surface area contributed by atoms with Crippen LogP contribution in [0.3, 0.4) is 0 Å². The van der Waals surface area contributed by atoms with Gasteiger partial charge < -0.3 is 25.8 Å². The van der Waals surface area contributed by atoms with Crippen LogP contribution in [0.5, 0.6) is 0 Å². The van der Waals surface area contributed by atoms with Crippen molar-refractivity contribution in [3.63, 3.8) is 0 Å². The van der Waals surface area contributed by atoms with E-state index in [1.807, 2.05) is 6.92 Å². The molecule has 0 aromatic rings. The average Bonchev–Trinajstić information content (AvgIpc) is 2.54. The molecule has 2 atom stereocenters. The molecule has 1 aliphatic heterocycles. The highest BCUT2D eigenvalue weighted by molar-refractivity contribution is 5.87. The smallest absolute Gasteiger partial charge is 0.315 e. The number of nitrogens with one attached hydrogen (secondary N) is 3. The van der Waals surface area contributed by atoms with Gasteiger partial charge in [-0.05, 0) is 19.8 Å². The Labute approximate surface area is 149 Å². The summed E-state index contributed by atoms with van der Waals surface area (Å²) in [5.41, 5.74) is 0. The van der Waals surface area contributed by atoms with E-state index >= 15 is 0 Å². The van der Waals surface area contributed by atoms with Gasteiger partial charge in [0.25, 0.3) is 0 Å². The molecular formula is C17H31N3O5. The fourth-order valence-electron chi connectivity index (χ4n) is 2.67. The fraction of sp³-hybridized carbons (Fsp3) is 0.824. The third-order valence-corrected chi connectivity index (χ3v) is 4.03. The molecule has 0 aliphatic carbocycles. The van der Waals surface area contributed by atoms with Crippen molar-refractivity contribution in [2.45, 2.75) is 70.4 Å². The zero-order valence-electron chi connectivity index (χ0n) is 15.0. The number of aliphatic carboxylic acids is 1. The Balaban J connectivity index is 2.52. The average molecular weight is 357 g/mol. The van der Waals surface area contributed by atoms with E-state index < -0.39 is 18.0 Å². The van der Waals surface area contributed by atoms with Crippen LogP contribution >= 0.6 is 0 Å². The minimum Gasteiger partial charge on any atom is -0.481 e. The molecule has 0 aromatic carbocycles. The summed E-state index contributed by atoms with van der Waals surface area (Å²) in [6.07, 6.45) is 6.73. The zero-order valence-corrected chi connectivity index (χ0v) is 15.0. The van der Waals surface area contributed by atoms with Gasteiger partial charge in [0, 0.05) is 19.2 Å². The van der Waals surface area contributed by atoms with Gasteiger partial charge in [-0.25, -0.2) is 4.79 Å². The first-order valence-electron chi connectivity index (χ1n) is 9.13. The molecule has 0 bridgehead atoms. The predicted octanol–water partition coefficient (Wildman–Crippen LogP) is 1.39. The van der Waals surface area contributed by atoms with Crippen LogP contribution in [0.15, 0.2) is 0 Å². The minimum atomic E-state index is -0.982. The van der Waals surface area contributed by atoms with Gasteiger partial charge in [0.1, 0.15) is 6.04 Å². The van der Waals surface area contributed by atoms with Gasteiger partial charge in [0.05, 0.1) is 13.0 Å². The van der Waals surface area contributed by atoms with E-state index in [9.17, 15) is 14.4 Å². The Kier molecular flexibility index (Phi) is 10.6. The van der Waals surface area contributed by atoms with Crippen LogP contribution in [0, 0.1) is 0 Å². The van der Waals surface area contributed by atoms with E-state index in [0.29, 0.717) is 19.6 Å². The van der Waals surface area contributed by atoms with Gasteiger partial charge in [-0.3, -0.25) is 9.59 Å². The van der Waals surface area contributed by atoms with Gasteiger partial charge >= 0.3 is 12.0 Å². The molecule has 0 spiro atoms. The summed E-state index contributed by atoms with van der Waals surface area (Å²) < 4.78 is 5.56. The van der Waals surface area contributed by atoms with Gasteiger partial charge in [0.15, 0.2) is 0 Å². The minimum absolute atomic E-state index is 0.0275. The second kappa shape index (κ2) is 12.5. The monoisotopic (exact) mass is 357 g/mol. The van der Waals surface area contributed by atoms with Crippen LogP contribution in [0.2, 0.25) is 0 Å². The van der Waals surface area contributed by atoms with E-state index in [1.165, 1.54) is 0 Å². The zero-order chi connectivity index (χ0) is 18.5. The maximum atomic E-state index is 12.4. The quantitative estimate of drug-likeness (QED) is 0.607. The molecule has 1 saturated heterocycles. The van der Waals surface area contributed by atoms with Crippen LogP contribution in [-0.2, 0) is 14.3 Å². The number of urea groups is 1. The maximum Gasteiger partial charge on any atom is 0.315 e. The Hall–Kier alpha value is -1.83. The SMILES string of the molecule is C[C@H]1COCCCCCCCC[C@@H](NC(=O)NCCC(=O)O)C(=O)N1. The Bertz CT molecular complexity index is 431. The van der Waals surface area contributed by atoms with Crippen molar-refractivity contribution in [2.24, 2.45) is 0 Å². The molecule has 0 radical (unpaired) electrons. The number of carbonyl (C=O) groups is 3. The fourth-order valence-corrected chi connectivity index (χ4v) is 2.67. The highest BCUT2D eigenvalue weighted by Crippen LogP contribution is 2.10. The molecular weight excluding hydrogens is 326 g/mol. The van der Waals surface area contributed by atoms with Crippen LogP contribution in [-0.4, -0.2) is 54.9 Å². The van der Waals surface area contributed by atoms with Crippen molar-refractivity contribution < 1.29 is 24.2 Å². The van der Waals surface area contributed by atoms with E-state index in [4.69, 9.17) is 9.84 Å². The first kappa shape index (κ1) is 21.2. The van der Waals surface area contributed by atoms with Gasteiger partial charge in [-0.2, -0.15) is 0 Å². The Morgan fingerprint density at radius 3 is 2.60 bits per heavy atom. The highest BCUT2D eigenvalue weighted by atomic mass is 16.5. The number of hydrogen-bond donors (Lipinski definition) is 4. The third-order valence-electron chi connectivity index (χ3n) is 4.03. The van der Waals surface area contributed by atoms with Gasteiger partial charge in [0.2, 0.25) is 5.91 Å². The van der Waals surface area contributed by atoms with E-state index in [2.05, 4.69) is 16.0 Å². The summed E-state index contributed by atoms with van der Waals surface area (Å²) in [5, 5.41) is 16.6. The summed E-state index contributed by atoms with van der Waals surface area (Å²) in [6, 6.07) is -1.28. The summed E-state index contributed by atoms with van der Waals surface area (Å²) in [4.78, 5) is 34.8. The van der Waals surface area contributed by atoms with Crippen molar-refractivity contribution in [1.29, 1.82) is 0 Å². The first-order chi connectivity index (χ1) is 12.0. The van der Waals surface area contributed by atoms with Gasteiger partial charge in [-0.1, -0.05) is 32.1 Å². The van der Waals surface area contributed by atoms with Crippen molar-refractivity contribution >= 4 is 17.9 Å². The van der Waals surface area contributed by atoms with Crippen LogP contribution in [0.25, 0.3) is 0 Å². The lowest BCUT2D eigenvalue weighted by Crippen LogP contribution is -2.52. The van der Waals surface area contributed by atoms with E-state index in [-0.39, 0.29) is 24.9 Å². The molecule has 0 unspecified atom stereocenters. The van der Waals surface area contributed by atoms with Crippen molar-refractivity contribution in [3.05, 3.63) is 0 Å². The Morgan fingerprint density at radius 1 is 1.20 bits per heavy atom. The molecule has 8 nitrogen and oxygen atoms in total. The van der Waals surface area contributed by atoms with Crippen LogP contribution < -0.4 is 16.0 Å². The largest absolute Gasteiger partial charge is 0.481 e. The third kappa shape index (κ3) is 10.6. The number of amides is 3. The molecule has 25 heavy (non-hydrogen) atoms. The number of rotatable bonds is 4. The summed E-state index contributed by atoms with van der Waals surface area (Å²) in [6.45, 7) is 3.05. The number of carbonyl (C=O) groups excluding carboxylic acids is 2. The standard InChI is InChI=1S/C17H31N3O5/c1-13-12-25-11-7-5-3-2-4-6-8-14(16(23)19-13)20-17(24)18-10-9-15(21)22/h13-14H,2-12H2,1H3,(H,19,23)(H,21,22)(H2,18,20,24)/t13-,14+/m0/s1. The molecule has 1 heterocycles. The first-order valence-corrected chi connectivity index (χ1v) is 9.13. The molecule has 0 saturated carbocycles. The Morgan fingerprint density at radius 2 is 1.88 bits per heavy atom. The van der Waals surface area contributed by atoms with Crippen molar-refractivity contribution in [1.82, 2.24) is 16.0 Å². The molecule has 4 N–H and O–H groups in total. The number of hydrogen-bond acceptors (Lipinski definition) is 4.